The van der Waals surface area contributed by atoms with E-state index in [1.165, 1.54) is 22.7 Å². The SMILES string of the molecule is CC(CC(=O)Nc1sc2c(c1C#N)CCC(OC(=O)OCc1cncs1)C2)c1ccccc1. The smallest absolute Gasteiger partial charge is 0.431 e. The van der Waals surface area contributed by atoms with E-state index in [0.29, 0.717) is 36.2 Å². The Hall–Kier alpha value is -3.22. The highest BCUT2D eigenvalue weighted by Crippen LogP contribution is 2.38. The van der Waals surface area contributed by atoms with Crippen molar-refractivity contribution < 1.29 is 19.1 Å². The van der Waals surface area contributed by atoms with Crippen LogP contribution in [0.15, 0.2) is 42.0 Å². The number of carbonyl (C=O) groups is 2. The molecule has 0 saturated carbocycles. The van der Waals surface area contributed by atoms with E-state index in [4.69, 9.17) is 9.47 Å². The molecule has 1 amide bonds. The van der Waals surface area contributed by atoms with Gasteiger partial charge in [-0.05, 0) is 29.9 Å². The molecular formula is C24H23N3O4S2. The van der Waals surface area contributed by atoms with Gasteiger partial charge in [0.05, 0.1) is 16.0 Å². The van der Waals surface area contributed by atoms with Crippen LogP contribution in [-0.4, -0.2) is 23.2 Å². The van der Waals surface area contributed by atoms with Crippen molar-refractivity contribution in [1.29, 1.82) is 5.26 Å². The molecule has 0 spiro atoms. The summed E-state index contributed by atoms with van der Waals surface area (Å²) < 4.78 is 10.6. The second kappa shape index (κ2) is 10.6. The Labute approximate surface area is 200 Å². The number of ether oxygens (including phenoxy) is 2. The largest absolute Gasteiger partial charge is 0.508 e. The van der Waals surface area contributed by atoms with Gasteiger partial charge in [0.1, 0.15) is 23.8 Å². The summed E-state index contributed by atoms with van der Waals surface area (Å²) in [5.41, 5.74) is 4.23. The van der Waals surface area contributed by atoms with Crippen molar-refractivity contribution >= 4 is 39.7 Å². The number of aromatic nitrogens is 1. The van der Waals surface area contributed by atoms with Crippen LogP contribution >= 0.6 is 22.7 Å². The second-order valence-electron chi connectivity index (χ2n) is 7.87. The highest BCUT2D eigenvalue weighted by atomic mass is 32.1. The Morgan fingerprint density at radius 2 is 2.15 bits per heavy atom. The molecule has 170 valence electrons. The Bertz CT molecular complexity index is 1150. The number of amides is 1. The van der Waals surface area contributed by atoms with E-state index in [2.05, 4.69) is 16.4 Å². The number of benzene rings is 1. The number of rotatable bonds is 7. The van der Waals surface area contributed by atoms with Crippen molar-refractivity contribution in [2.45, 2.75) is 51.2 Å². The van der Waals surface area contributed by atoms with Gasteiger partial charge in [0.25, 0.3) is 0 Å². The first-order valence-electron chi connectivity index (χ1n) is 10.6. The minimum Gasteiger partial charge on any atom is -0.431 e. The maximum Gasteiger partial charge on any atom is 0.508 e. The lowest BCUT2D eigenvalue weighted by atomic mass is 9.93. The number of hydrogen-bond donors (Lipinski definition) is 1. The van der Waals surface area contributed by atoms with Crippen molar-refractivity contribution in [2.75, 3.05) is 5.32 Å². The fraction of sp³-hybridized carbons (Fsp3) is 0.333. The van der Waals surface area contributed by atoms with Gasteiger partial charge in [-0.15, -0.1) is 22.7 Å². The summed E-state index contributed by atoms with van der Waals surface area (Å²) in [6, 6.07) is 12.1. The fourth-order valence-electron chi connectivity index (χ4n) is 3.83. The van der Waals surface area contributed by atoms with Crippen molar-refractivity contribution in [3.05, 3.63) is 68.5 Å². The molecule has 2 aromatic heterocycles. The molecule has 0 bridgehead atoms. The molecule has 1 aliphatic carbocycles. The van der Waals surface area contributed by atoms with E-state index in [9.17, 15) is 14.9 Å². The Morgan fingerprint density at radius 3 is 2.88 bits per heavy atom. The Morgan fingerprint density at radius 1 is 1.33 bits per heavy atom. The first-order valence-corrected chi connectivity index (χ1v) is 12.3. The first kappa shape index (κ1) is 23.0. The van der Waals surface area contributed by atoms with Crippen LogP contribution in [0, 0.1) is 11.3 Å². The van der Waals surface area contributed by atoms with Crippen molar-refractivity contribution in [3.8, 4) is 6.07 Å². The molecule has 9 heteroatoms. The number of hydrogen-bond acceptors (Lipinski definition) is 8. The van der Waals surface area contributed by atoms with Gasteiger partial charge >= 0.3 is 6.16 Å². The lowest BCUT2D eigenvalue weighted by Gasteiger charge is -2.21. The van der Waals surface area contributed by atoms with Crippen LogP contribution < -0.4 is 5.32 Å². The lowest BCUT2D eigenvalue weighted by Crippen LogP contribution is -2.25. The molecule has 0 fully saturated rings. The van der Waals surface area contributed by atoms with E-state index in [1.54, 1.807) is 11.7 Å². The average molecular weight is 482 g/mol. The summed E-state index contributed by atoms with van der Waals surface area (Å²) in [6.45, 7) is 2.15. The summed E-state index contributed by atoms with van der Waals surface area (Å²) in [5.74, 6) is -0.0547. The predicted octanol–water partition coefficient (Wildman–Crippen LogP) is 5.42. The lowest BCUT2D eigenvalue weighted by molar-refractivity contribution is -0.116. The zero-order chi connectivity index (χ0) is 23.2. The number of nitrogens with zero attached hydrogens (tertiary/aromatic N) is 2. The monoisotopic (exact) mass is 481 g/mol. The molecule has 2 atom stereocenters. The van der Waals surface area contributed by atoms with Crippen LogP contribution in [-0.2, 0) is 33.7 Å². The van der Waals surface area contributed by atoms with Crippen LogP contribution in [0.4, 0.5) is 9.80 Å². The molecular weight excluding hydrogens is 458 g/mol. The quantitative estimate of drug-likeness (QED) is 0.452. The summed E-state index contributed by atoms with van der Waals surface area (Å²) in [7, 11) is 0. The van der Waals surface area contributed by atoms with Crippen molar-refractivity contribution in [3.63, 3.8) is 0 Å². The molecule has 0 aliphatic heterocycles. The number of thiazole rings is 1. The van der Waals surface area contributed by atoms with Gasteiger partial charge in [-0.2, -0.15) is 5.26 Å². The maximum absolute atomic E-state index is 12.7. The highest BCUT2D eigenvalue weighted by Gasteiger charge is 2.29. The molecule has 1 aromatic carbocycles. The molecule has 4 rings (SSSR count). The Balaban J connectivity index is 1.35. The van der Waals surface area contributed by atoms with E-state index in [-0.39, 0.29) is 24.5 Å². The van der Waals surface area contributed by atoms with Gasteiger partial charge < -0.3 is 14.8 Å². The van der Waals surface area contributed by atoms with Crippen LogP contribution in [0.1, 0.15) is 52.1 Å². The van der Waals surface area contributed by atoms with E-state index in [1.807, 2.05) is 37.3 Å². The number of anilines is 1. The molecule has 3 aromatic rings. The van der Waals surface area contributed by atoms with Crippen molar-refractivity contribution in [2.24, 2.45) is 0 Å². The van der Waals surface area contributed by atoms with E-state index >= 15 is 0 Å². The maximum atomic E-state index is 12.7. The molecule has 7 nitrogen and oxygen atoms in total. The minimum absolute atomic E-state index is 0.0695. The zero-order valence-electron chi connectivity index (χ0n) is 18.1. The van der Waals surface area contributed by atoms with Crippen molar-refractivity contribution in [1.82, 2.24) is 4.98 Å². The third kappa shape index (κ3) is 5.78. The molecule has 1 aliphatic rings. The average Bonchev–Trinajstić information content (AvgIpc) is 3.45. The topological polar surface area (TPSA) is 101 Å². The normalized spacial score (nSPS) is 15.7. The third-order valence-electron chi connectivity index (χ3n) is 5.52. The first-order chi connectivity index (χ1) is 16.0. The van der Waals surface area contributed by atoms with Gasteiger partial charge in [-0.25, -0.2) is 4.79 Å². The van der Waals surface area contributed by atoms with Gasteiger partial charge in [-0.3, -0.25) is 9.78 Å². The molecule has 33 heavy (non-hydrogen) atoms. The van der Waals surface area contributed by atoms with Crippen LogP contribution in [0.25, 0.3) is 0 Å². The van der Waals surface area contributed by atoms with E-state index in [0.717, 1.165) is 20.9 Å². The van der Waals surface area contributed by atoms with Gasteiger partial charge in [-0.1, -0.05) is 37.3 Å². The number of nitrogens with one attached hydrogen (secondary N) is 1. The van der Waals surface area contributed by atoms with Crippen LogP contribution in [0.5, 0.6) is 0 Å². The molecule has 0 saturated heterocycles. The molecule has 2 unspecified atom stereocenters. The number of fused-ring (bicyclic) bond motifs is 1. The number of nitriles is 1. The molecule has 0 radical (unpaired) electrons. The highest BCUT2D eigenvalue weighted by molar-refractivity contribution is 7.16. The number of carbonyl (C=O) groups excluding carboxylic acids is 2. The van der Waals surface area contributed by atoms with Crippen LogP contribution in [0.3, 0.4) is 0 Å². The minimum atomic E-state index is -0.711. The van der Waals surface area contributed by atoms with Gasteiger partial charge in [0, 0.05) is 23.9 Å². The van der Waals surface area contributed by atoms with E-state index < -0.39 is 6.16 Å². The summed E-state index contributed by atoms with van der Waals surface area (Å²) in [4.78, 5) is 30.4. The van der Waals surface area contributed by atoms with Gasteiger partial charge in [0.15, 0.2) is 0 Å². The third-order valence-corrected chi connectivity index (χ3v) is 7.45. The molecule has 2 heterocycles. The predicted molar refractivity (Wildman–Crippen MR) is 126 cm³/mol. The van der Waals surface area contributed by atoms with Gasteiger partial charge in [0.2, 0.25) is 5.91 Å². The zero-order valence-corrected chi connectivity index (χ0v) is 19.7. The Kier molecular flexibility index (Phi) is 7.37. The summed E-state index contributed by atoms with van der Waals surface area (Å²) in [5, 5.41) is 13.2. The standard InChI is InChI=1S/C24H23N3O4S2/c1-15(16-5-3-2-4-6-16)9-22(28)27-23-20(11-25)19-8-7-17(10-21(19)33-23)31-24(29)30-13-18-12-26-14-32-18/h2-6,12,14-15,17H,7-10,13H2,1H3,(H,27,28). The second-order valence-corrected chi connectivity index (χ2v) is 9.95. The number of thiophene rings is 1. The summed E-state index contributed by atoms with van der Waals surface area (Å²) >= 11 is 2.79. The van der Waals surface area contributed by atoms with Crippen LogP contribution in [0.2, 0.25) is 0 Å². The molecule has 1 N–H and O–H groups in total. The fourth-order valence-corrected chi connectivity index (χ4v) is 5.62. The summed E-state index contributed by atoms with van der Waals surface area (Å²) in [6.07, 6.45) is 2.66.